The predicted molar refractivity (Wildman–Crippen MR) is 142 cm³/mol. The molecule has 0 unspecified atom stereocenters. The van der Waals surface area contributed by atoms with Crippen LogP contribution in [0, 0.1) is 13.8 Å². The van der Waals surface area contributed by atoms with Crippen LogP contribution < -0.4 is 9.64 Å². The van der Waals surface area contributed by atoms with Gasteiger partial charge in [0.25, 0.3) is 0 Å². The van der Waals surface area contributed by atoms with E-state index in [-0.39, 0.29) is 5.91 Å². The highest BCUT2D eigenvalue weighted by Crippen LogP contribution is 2.32. The molecule has 0 saturated carbocycles. The molecule has 3 aromatic rings. The number of anilines is 1. The number of aromatic nitrogens is 1. The van der Waals surface area contributed by atoms with Crippen molar-refractivity contribution in [3.05, 3.63) is 47.5 Å². The average molecular weight is 500 g/mol. The van der Waals surface area contributed by atoms with Crippen LogP contribution in [-0.2, 0) is 9.53 Å². The first kappa shape index (κ1) is 25.0. The van der Waals surface area contributed by atoms with Crippen LogP contribution >= 0.6 is 23.1 Å². The number of carbonyl (C=O) groups is 1. The molecule has 1 aliphatic rings. The van der Waals surface area contributed by atoms with E-state index in [1.807, 2.05) is 29.2 Å². The Hall–Kier alpha value is -2.13. The monoisotopic (exact) mass is 499 g/mol. The lowest BCUT2D eigenvalue weighted by Crippen LogP contribution is -2.39. The van der Waals surface area contributed by atoms with Gasteiger partial charge in [-0.3, -0.25) is 14.6 Å². The highest BCUT2D eigenvalue weighted by atomic mass is 32.2. The Bertz CT molecular complexity index is 1060. The van der Waals surface area contributed by atoms with Gasteiger partial charge in [-0.05, 0) is 67.8 Å². The zero-order valence-corrected chi connectivity index (χ0v) is 21.8. The summed E-state index contributed by atoms with van der Waals surface area (Å²) in [6, 6.07) is 12.3. The molecule has 0 N–H and O–H groups in total. The van der Waals surface area contributed by atoms with E-state index < -0.39 is 0 Å². The van der Waals surface area contributed by atoms with Crippen molar-refractivity contribution in [2.24, 2.45) is 0 Å². The Morgan fingerprint density at radius 1 is 1.18 bits per heavy atom. The molecule has 1 aliphatic heterocycles. The predicted octanol–water partition coefficient (Wildman–Crippen LogP) is 5.16. The fourth-order valence-electron chi connectivity index (χ4n) is 3.95. The number of rotatable bonds is 10. The molecule has 1 aromatic heterocycles. The Kier molecular flexibility index (Phi) is 8.83. The summed E-state index contributed by atoms with van der Waals surface area (Å²) in [4.78, 5) is 23.7. The summed E-state index contributed by atoms with van der Waals surface area (Å²) in [6.07, 6.45) is 1.40. The van der Waals surface area contributed by atoms with E-state index in [1.165, 1.54) is 11.1 Å². The number of aryl methyl sites for hydroxylation is 2. The van der Waals surface area contributed by atoms with Crippen molar-refractivity contribution >= 4 is 44.4 Å². The van der Waals surface area contributed by atoms with Gasteiger partial charge in [0.2, 0.25) is 5.91 Å². The molecule has 34 heavy (non-hydrogen) atoms. The first-order chi connectivity index (χ1) is 16.5. The van der Waals surface area contributed by atoms with Crippen LogP contribution in [0.3, 0.4) is 0 Å². The molecule has 0 spiro atoms. The van der Waals surface area contributed by atoms with Crippen LogP contribution in [0.1, 0.15) is 24.0 Å². The molecule has 2 aromatic carbocycles. The van der Waals surface area contributed by atoms with E-state index in [9.17, 15) is 4.79 Å². The average Bonchev–Trinajstić information content (AvgIpc) is 3.25. The van der Waals surface area contributed by atoms with E-state index in [4.69, 9.17) is 14.5 Å². The number of thioether (sulfide) groups is 1. The summed E-state index contributed by atoms with van der Waals surface area (Å²) in [5, 5.41) is 0.807. The second-order valence-electron chi connectivity index (χ2n) is 8.53. The highest BCUT2D eigenvalue weighted by molar-refractivity contribution is 7.99. The van der Waals surface area contributed by atoms with Crippen molar-refractivity contribution in [1.82, 2.24) is 9.88 Å². The second kappa shape index (κ2) is 12.0. The smallest absolute Gasteiger partial charge is 0.229 e. The molecule has 2 heterocycles. The lowest BCUT2D eigenvalue weighted by Gasteiger charge is -2.27. The van der Waals surface area contributed by atoms with E-state index in [0.717, 1.165) is 71.0 Å². The number of methoxy groups -OCH3 is 1. The van der Waals surface area contributed by atoms with Crippen molar-refractivity contribution in [3.8, 4) is 5.75 Å². The minimum atomic E-state index is 0.135. The van der Waals surface area contributed by atoms with Gasteiger partial charge in [-0.2, -0.15) is 0 Å². The van der Waals surface area contributed by atoms with Crippen LogP contribution in [0.4, 0.5) is 5.13 Å². The summed E-state index contributed by atoms with van der Waals surface area (Å²) in [7, 11) is 1.67. The Labute approximate surface area is 210 Å². The molecule has 0 radical (unpaired) electrons. The number of morpholine rings is 1. The molecule has 6 nitrogen and oxygen atoms in total. The molecule has 1 amide bonds. The van der Waals surface area contributed by atoms with Crippen molar-refractivity contribution in [3.63, 3.8) is 0 Å². The van der Waals surface area contributed by atoms with E-state index in [2.05, 4.69) is 30.9 Å². The normalized spacial score (nSPS) is 14.4. The van der Waals surface area contributed by atoms with Crippen molar-refractivity contribution in [1.29, 1.82) is 0 Å². The maximum Gasteiger partial charge on any atom is 0.229 e. The molecule has 8 heteroatoms. The quantitative estimate of drug-likeness (QED) is 0.359. The largest absolute Gasteiger partial charge is 0.497 e. The number of amides is 1. The third-order valence-electron chi connectivity index (χ3n) is 6.13. The van der Waals surface area contributed by atoms with Crippen molar-refractivity contribution < 1.29 is 14.3 Å². The lowest BCUT2D eigenvalue weighted by molar-refractivity contribution is -0.118. The third kappa shape index (κ3) is 6.50. The number of thiazole rings is 1. The van der Waals surface area contributed by atoms with Crippen LogP contribution in [0.15, 0.2) is 41.3 Å². The maximum atomic E-state index is 13.4. The van der Waals surface area contributed by atoms with Gasteiger partial charge in [0.1, 0.15) is 5.75 Å². The van der Waals surface area contributed by atoms with Crippen LogP contribution in [0.2, 0.25) is 0 Å². The summed E-state index contributed by atoms with van der Waals surface area (Å²) < 4.78 is 11.8. The van der Waals surface area contributed by atoms with Gasteiger partial charge < -0.3 is 9.47 Å². The topological polar surface area (TPSA) is 54.9 Å². The molecule has 1 fully saturated rings. The third-order valence-corrected chi connectivity index (χ3v) is 8.18. The molecule has 182 valence electrons. The molecular formula is C26H33N3O3S2. The van der Waals surface area contributed by atoms with Crippen LogP contribution in [-0.4, -0.2) is 68.0 Å². The SMILES string of the molecule is COc1ccc(SCCC(=O)N(CCCN2CCOCC2)c2nc3cc(C)c(C)cc3s2)cc1. The fourth-order valence-corrected chi connectivity index (χ4v) is 5.88. The molecule has 1 saturated heterocycles. The maximum absolute atomic E-state index is 13.4. The Morgan fingerprint density at radius 3 is 2.65 bits per heavy atom. The molecule has 0 atom stereocenters. The molecule has 0 bridgehead atoms. The number of nitrogens with zero attached hydrogens (tertiary/aromatic N) is 3. The zero-order valence-electron chi connectivity index (χ0n) is 20.2. The summed E-state index contributed by atoms with van der Waals surface area (Å²) in [5.74, 6) is 1.71. The zero-order chi connectivity index (χ0) is 23.9. The lowest BCUT2D eigenvalue weighted by atomic mass is 10.1. The van der Waals surface area contributed by atoms with Crippen LogP contribution in [0.5, 0.6) is 5.75 Å². The number of carbonyl (C=O) groups excluding carboxylic acids is 1. The van der Waals surface area contributed by atoms with E-state index in [0.29, 0.717) is 13.0 Å². The fraction of sp³-hybridized carbons (Fsp3) is 0.462. The summed E-state index contributed by atoms with van der Waals surface area (Å²) >= 11 is 3.31. The molecular weight excluding hydrogens is 466 g/mol. The van der Waals surface area contributed by atoms with Gasteiger partial charge in [-0.25, -0.2) is 4.98 Å². The standard InChI is InChI=1S/C26H33N3O3S2/c1-19-17-23-24(18-20(19)2)34-26(27-23)29(11-4-10-28-12-14-32-15-13-28)25(30)9-16-33-22-7-5-21(31-3)6-8-22/h5-8,17-18H,4,9-16H2,1-3H3. The van der Waals surface area contributed by atoms with Crippen LogP contribution in [0.25, 0.3) is 10.2 Å². The van der Waals surface area contributed by atoms with E-state index >= 15 is 0 Å². The second-order valence-corrected chi connectivity index (χ2v) is 10.7. The number of benzene rings is 2. The first-order valence-corrected chi connectivity index (χ1v) is 13.6. The first-order valence-electron chi connectivity index (χ1n) is 11.8. The van der Waals surface area contributed by atoms with E-state index in [1.54, 1.807) is 30.2 Å². The number of fused-ring (bicyclic) bond motifs is 1. The molecule has 0 aliphatic carbocycles. The van der Waals surface area contributed by atoms with Gasteiger partial charge >= 0.3 is 0 Å². The van der Waals surface area contributed by atoms with Gasteiger partial charge in [0.05, 0.1) is 30.5 Å². The number of ether oxygens (including phenoxy) is 2. The minimum absolute atomic E-state index is 0.135. The number of hydrogen-bond acceptors (Lipinski definition) is 7. The van der Waals surface area contributed by atoms with Crippen molar-refractivity contribution in [2.45, 2.75) is 31.6 Å². The molecule has 4 rings (SSSR count). The number of hydrogen-bond donors (Lipinski definition) is 0. The van der Waals surface area contributed by atoms with Gasteiger partial charge in [0.15, 0.2) is 5.13 Å². The van der Waals surface area contributed by atoms with Gasteiger partial charge in [-0.15, -0.1) is 11.8 Å². The van der Waals surface area contributed by atoms with Gasteiger partial charge in [0, 0.05) is 43.2 Å². The van der Waals surface area contributed by atoms with Crippen molar-refractivity contribution in [2.75, 3.05) is 57.2 Å². The summed E-state index contributed by atoms with van der Waals surface area (Å²) in [6.45, 7) is 9.39. The highest BCUT2D eigenvalue weighted by Gasteiger charge is 2.20. The Morgan fingerprint density at radius 2 is 1.91 bits per heavy atom. The minimum Gasteiger partial charge on any atom is -0.497 e. The Balaban J connectivity index is 1.42. The van der Waals surface area contributed by atoms with Gasteiger partial charge in [-0.1, -0.05) is 11.3 Å². The summed E-state index contributed by atoms with van der Waals surface area (Å²) in [5.41, 5.74) is 3.45.